The van der Waals surface area contributed by atoms with Crippen molar-refractivity contribution >= 4 is 23.4 Å². The van der Waals surface area contributed by atoms with Gasteiger partial charge in [0.05, 0.1) is 11.9 Å². The van der Waals surface area contributed by atoms with E-state index >= 15 is 0 Å². The summed E-state index contributed by atoms with van der Waals surface area (Å²) in [7, 11) is 0. The second-order valence-corrected chi connectivity index (χ2v) is 4.70. The molecule has 0 saturated carbocycles. The Labute approximate surface area is 110 Å². The van der Waals surface area contributed by atoms with E-state index in [2.05, 4.69) is 38.5 Å². The van der Waals surface area contributed by atoms with Crippen LogP contribution in [0, 0.1) is 0 Å². The molecular formula is C12H15N5S. The summed E-state index contributed by atoms with van der Waals surface area (Å²) < 4.78 is 0. The lowest BCUT2D eigenvalue weighted by Crippen LogP contribution is -1.92. The maximum absolute atomic E-state index is 4.34. The molecule has 2 aromatic heterocycles. The summed E-state index contributed by atoms with van der Waals surface area (Å²) in [5.74, 6) is 1.53. The number of aromatic nitrogens is 4. The Morgan fingerprint density at radius 3 is 3.17 bits per heavy atom. The van der Waals surface area contributed by atoms with Gasteiger partial charge in [-0.05, 0) is 26.0 Å². The van der Waals surface area contributed by atoms with Gasteiger partial charge in [-0.2, -0.15) is 4.98 Å². The van der Waals surface area contributed by atoms with Gasteiger partial charge in [0.1, 0.15) is 0 Å². The summed E-state index contributed by atoms with van der Waals surface area (Å²) >= 11 is 1.61. The average molecular weight is 261 g/mol. The summed E-state index contributed by atoms with van der Waals surface area (Å²) in [4.78, 5) is 8.36. The predicted molar refractivity (Wildman–Crippen MR) is 74.1 cm³/mol. The SMILES string of the molecule is C/C=C(\C)CSc1n[nH]c(Nc2cccnc2)n1. The van der Waals surface area contributed by atoms with Crippen LogP contribution < -0.4 is 5.32 Å². The molecule has 0 aromatic carbocycles. The number of allylic oxidation sites excluding steroid dienone is 1. The van der Waals surface area contributed by atoms with Crippen LogP contribution >= 0.6 is 11.8 Å². The Balaban J connectivity index is 1.94. The van der Waals surface area contributed by atoms with Gasteiger partial charge in [0.25, 0.3) is 0 Å². The first-order valence-corrected chi connectivity index (χ1v) is 6.60. The fourth-order valence-corrected chi connectivity index (χ4v) is 1.99. The maximum atomic E-state index is 4.34. The highest BCUT2D eigenvalue weighted by atomic mass is 32.2. The van der Waals surface area contributed by atoms with Gasteiger partial charge >= 0.3 is 0 Å². The molecule has 0 aliphatic rings. The number of hydrogen-bond donors (Lipinski definition) is 2. The molecule has 94 valence electrons. The Hall–Kier alpha value is -1.82. The van der Waals surface area contributed by atoms with Crippen molar-refractivity contribution in [1.82, 2.24) is 20.2 Å². The molecule has 18 heavy (non-hydrogen) atoms. The summed E-state index contributed by atoms with van der Waals surface area (Å²) in [5.41, 5.74) is 2.20. The van der Waals surface area contributed by atoms with E-state index in [4.69, 9.17) is 0 Å². The minimum Gasteiger partial charge on any atom is -0.323 e. The van der Waals surface area contributed by atoms with Crippen LogP contribution in [0.5, 0.6) is 0 Å². The number of H-pyrrole nitrogens is 1. The molecule has 0 amide bonds. The van der Waals surface area contributed by atoms with E-state index in [1.807, 2.05) is 19.1 Å². The number of pyridine rings is 1. The molecule has 5 nitrogen and oxygen atoms in total. The van der Waals surface area contributed by atoms with Gasteiger partial charge in [0, 0.05) is 11.9 Å². The van der Waals surface area contributed by atoms with Crippen molar-refractivity contribution in [2.45, 2.75) is 19.0 Å². The number of anilines is 2. The van der Waals surface area contributed by atoms with Crippen LogP contribution in [0.15, 0.2) is 41.3 Å². The number of hydrogen-bond acceptors (Lipinski definition) is 5. The molecule has 6 heteroatoms. The number of rotatable bonds is 5. The van der Waals surface area contributed by atoms with Crippen LogP contribution in [0.1, 0.15) is 13.8 Å². The minimum atomic E-state index is 0.628. The van der Waals surface area contributed by atoms with E-state index in [1.54, 1.807) is 24.2 Å². The molecule has 2 aromatic rings. The Bertz CT molecular complexity index is 520. The molecule has 0 atom stereocenters. The lowest BCUT2D eigenvalue weighted by atomic mass is 10.3. The highest BCUT2D eigenvalue weighted by molar-refractivity contribution is 7.99. The van der Waals surface area contributed by atoms with Gasteiger partial charge in [-0.15, -0.1) is 5.10 Å². The molecule has 2 N–H and O–H groups in total. The molecule has 0 fully saturated rings. The van der Waals surface area contributed by atoms with Crippen molar-refractivity contribution < 1.29 is 0 Å². The normalized spacial score (nSPS) is 11.6. The first-order chi connectivity index (χ1) is 8.78. The molecular weight excluding hydrogens is 246 g/mol. The van der Waals surface area contributed by atoms with Gasteiger partial charge in [0.2, 0.25) is 11.1 Å². The minimum absolute atomic E-state index is 0.628. The number of thioether (sulfide) groups is 1. The monoisotopic (exact) mass is 261 g/mol. The van der Waals surface area contributed by atoms with Gasteiger partial charge in [-0.3, -0.25) is 4.98 Å². The van der Waals surface area contributed by atoms with Crippen molar-refractivity contribution in [1.29, 1.82) is 0 Å². The maximum Gasteiger partial charge on any atom is 0.224 e. The molecule has 0 unspecified atom stereocenters. The Kier molecular flexibility index (Phi) is 4.35. The van der Waals surface area contributed by atoms with Crippen LogP contribution in [-0.2, 0) is 0 Å². The zero-order valence-corrected chi connectivity index (χ0v) is 11.2. The third-order valence-corrected chi connectivity index (χ3v) is 3.35. The standard InChI is InChI=1S/C12H15N5S/c1-3-9(2)8-18-12-15-11(16-17-12)14-10-5-4-6-13-7-10/h3-7H,8H2,1-2H3,(H2,14,15,16,17)/b9-3+. The van der Waals surface area contributed by atoms with E-state index < -0.39 is 0 Å². The van der Waals surface area contributed by atoms with Crippen molar-refractivity contribution in [3.8, 4) is 0 Å². The second kappa shape index (κ2) is 6.20. The highest BCUT2D eigenvalue weighted by Gasteiger charge is 2.04. The average Bonchev–Trinajstić information content (AvgIpc) is 2.85. The zero-order chi connectivity index (χ0) is 12.8. The molecule has 0 bridgehead atoms. The third-order valence-electron chi connectivity index (χ3n) is 2.31. The van der Waals surface area contributed by atoms with Crippen LogP contribution in [0.3, 0.4) is 0 Å². The second-order valence-electron chi connectivity index (χ2n) is 3.76. The first-order valence-electron chi connectivity index (χ1n) is 5.62. The van der Waals surface area contributed by atoms with Crippen molar-refractivity contribution in [3.63, 3.8) is 0 Å². The number of nitrogens with one attached hydrogen (secondary N) is 2. The predicted octanol–water partition coefficient (Wildman–Crippen LogP) is 3.00. The first kappa shape index (κ1) is 12.6. The molecule has 0 aliphatic heterocycles. The van der Waals surface area contributed by atoms with E-state index in [0.717, 1.165) is 16.6 Å². The summed E-state index contributed by atoms with van der Waals surface area (Å²) in [6.45, 7) is 4.12. The fraction of sp³-hybridized carbons (Fsp3) is 0.250. The molecule has 2 rings (SSSR count). The number of aromatic amines is 1. The molecule has 0 saturated heterocycles. The summed E-state index contributed by atoms with van der Waals surface area (Å²) in [5, 5.41) is 10.8. The van der Waals surface area contributed by atoms with Crippen LogP contribution in [0.2, 0.25) is 0 Å². The van der Waals surface area contributed by atoms with E-state index in [1.165, 1.54) is 5.57 Å². The fourth-order valence-electron chi connectivity index (χ4n) is 1.20. The van der Waals surface area contributed by atoms with Crippen molar-refractivity contribution in [2.24, 2.45) is 0 Å². The van der Waals surface area contributed by atoms with E-state index in [9.17, 15) is 0 Å². The summed E-state index contributed by atoms with van der Waals surface area (Å²) in [6.07, 6.45) is 5.56. The molecule has 2 heterocycles. The van der Waals surface area contributed by atoms with E-state index in [0.29, 0.717) is 5.95 Å². The molecule has 0 radical (unpaired) electrons. The van der Waals surface area contributed by atoms with Crippen LogP contribution in [0.4, 0.5) is 11.6 Å². The lowest BCUT2D eigenvalue weighted by Gasteiger charge is -1.99. The molecule has 0 aliphatic carbocycles. The number of nitrogens with zero attached hydrogens (tertiary/aromatic N) is 3. The van der Waals surface area contributed by atoms with Gasteiger partial charge in [0.15, 0.2) is 0 Å². The lowest BCUT2D eigenvalue weighted by molar-refractivity contribution is 0.974. The van der Waals surface area contributed by atoms with Crippen molar-refractivity contribution in [2.75, 3.05) is 11.1 Å². The largest absolute Gasteiger partial charge is 0.323 e. The third kappa shape index (κ3) is 3.59. The van der Waals surface area contributed by atoms with Crippen LogP contribution in [-0.4, -0.2) is 25.9 Å². The van der Waals surface area contributed by atoms with Crippen molar-refractivity contribution in [3.05, 3.63) is 36.2 Å². The Morgan fingerprint density at radius 1 is 1.56 bits per heavy atom. The summed E-state index contributed by atoms with van der Waals surface area (Å²) in [6, 6.07) is 3.79. The quantitative estimate of drug-likeness (QED) is 0.639. The zero-order valence-electron chi connectivity index (χ0n) is 10.3. The van der Waals surface area contributed by atoms with E-state index in [-0.39, 0.29) is 0 Å². The van der Waals surface area contributed by atoms with Gasteiger partial charge in [-0.1, -0.05) is 23.4 Å². The topological polar surface area (TPSA) is 66.5 Å². The smallest absolute Gasteiger partial charge is 0.224 e. The highest BCUT2D eigenvalue weighted by Crippen LogP contribution is 2.18. The van der Waals surface area contributed by atoms with Gasteiger partial charge < -0.3 is 5.32 Å². The molecule has 0 spiro atoms. The van der Waals surface area contributed by atoms with Gasteiger partial charge in [-0.25, -0.2) is 5.10 Å². The Morgan fingerprint density at radius 2 is 2.44 bits per heavy atom. The van der Waals surface area contributed by atoms with Crippen LogP contribution in [0.25, 0.3) is 0 Å².